The zero-order chi connectivity index (χ0) is 10.8. The maximum atomic E-state index is 11.5. The van der Waals surface area contributed by atoms with Crippen LogP contribution in [-0.4, -0.2) is 16.6 Å². The van der Waals surface area contributed by atoms with Gasteiger partial charge in [-0.05, 0) is 49.9 Å². The number of halogens is 1. The van der Waals surface area contributed by atoms with E-state index in [1.807, 2.05) is 0 Å². The largest absolute Gasteiger partial charge is 0.481 e. The molecule has 0 aromatic heterocycles. The van der Waals surface area contributed by atoms with Gasteiger partial charge in [-0.3, -0.25) is 4.79 Å². The molecule has 4 aliphatic rings. The van der Waals surface area contributed by atoms with E-state index >= 15 is 0 Å². The van der Waals surface area contributed by atoms with Crippen LogP contribution in [0.25, 0.3) is 0 Å². The molecule has 0 radical (unpaired) electrons. The van der Waals surface area contributed by atoms with E-state index in [-0.39, 0.29) is 23.9 Å². The molecule has 0 aliphatic heterocycles. The van der Waals surface area contributed by atoms with Gasteiger partial charge < -0.3 is 10.8 Å². The first-order valence-electron chi connectivity index (χ1n) is 5.98. The molecule has 3 N–H and O–H groups in total. The second-order valence-electron chi connectivity index (χ2n) is 6.20. The van der Waals surface area contributed by atoms with Crippen LogP contribution in [0.1, 0.15) is 39.0 Å². The molecule has 4 rings (SSSR count). The summed E-state index contributed by atoms with van der Waals surface area (Å²) in [4.78, 5) is 11.5. The Hall–Kier alpha value is -0.280. The third-order valence-electron chi connectivity index (χ3n) is 5.43. The topological polar surface area (TPSA) is 63.3 Å². The predicted molar refractivity (Wildman–Crippen MR) is 63.5 cm³/mol. The highest BCUT2D eigenvalue weighted by Crippen LogP contribution is 2.63. The molecule has 0 saturated heterocycles. The molecule has 4 fully saturated rings. The van der Waals surface area contributed by atoms with Gasteiger partial charge in [-0.2, -0.15) is 0 Å². The molecule has 4 bridgehead atoms. The van der Waals surface area contributed by atoms with E-state index in [0.29, 0.717) is 11.8 Å². The van der Waals surface area contributed by atoms with Gasteiger partial charge in [0.1, 0.15) is 0 Å². The van der Waals surface area contributed by atoms with Gasteiger partial charge in [-0.1, -0.05) is 6.92 Å². The van der Waals surface area contributed by atoms with Crippen LogP contribution in [0, 0.1) is 23.2 Å². The molecule has 3 unspecified atom stereocenters. The lowest BCUT2D eigenvalue weighted by Crippen LogP contribution is -2.67. The highest BCUT2D eigenvalue weighted by molar-refractivity contribution is 5.85. The van der Waals surface area contributed by atoms with Crippen molar-refractivity contribution < 1.29 is 9.90 Å². The summed E-state index contributed by atoms with van der Waals surface area (Å²) >= 11 is 0. The van der Waals surface area contributed by atoms with Gasteiger partial charge in [0.15, 0.2) is 0 Å². The maximum absolute atomic E-state index is 11.5. The van der Waals surface area contributed by atoms with Crippen LogP contribution in [0.2, 0.25) is 0 Å². The summed E-state index contributed by atoms with van der Waals surface area (Å²) in [7, 11) is 0. The van der Waals surface area contributed by atoms with Gasteiger partial charge in [-0.25, -0.2) is 0 Å². The van der Waals surface area contributed by atoms with E-state index in [9.17, 15) is 9.90 Å². The summed E-state index contributed by atoms with van der Waals surface area (Å²) in [5, 5.41) is 9.51. The number of nitrogens with two attached hydrogens (primary N) is 1. The summed E-state index contributed by atoms with van der Waals surface area (Å²) in [6, 6.07) is 0. The molecule has 0 amide bonds. The standard InChI is InChI=1S/C12H19NO2.ClH/c1-7-11(10(14)15)3-8-2-9(4-11)6-12(7,13)5-8;/h7-9H,2-6,13H2,1H3,(H,14,15);1H. The third-order valence-corrected chi connectivity index (χ3v) is 5.43. The Balaban J connectivity index is 0.000000963. The zero-order valence-corrected chi connectivity index (χ0v) is 10.4. The summed E-state index contributed by atoms with van der Waals surface area (Å²) in [5.41, 5.74) is 5.76. The molecule has 0 heterocycles. The molecule has 4 heteroatoms. The predicted octanol–water partition coefficient (Wildman–Crippen LogP) is 2.04. The van der Waals surface area contributed by atoms with E-state index in [1.54, 1.807) is 0 Å². The van der Waals surface area contributed by atoms with Crippen molar-refractivity contribution in [3.63, 3.8) is 0 Å². The number of hydrogen-bond acceptors (Lipinski definition) is 2. The van der Waals surface area contributed by atoms with Crippen LogP contribution in [0.5, 0.6) is 0 Å². The normalized spacial score (nSPS) is 53.5. The minimum Gasteiger partial charge on any atom is -0.481 e. The maximum Gasteiger partial charge on any atom is 0.309 e. The Bertz CT molecular complexity index is 317. The molecule has 16 heavy (non-hydrogen) atoms. The number of carboxylic acids is 1. The minimum atomic E-state index is -0.598. The summed E-state index contributed by atoms with van der Waals surface area (Å²) in [5.74, 6) is 0.707. The minimum absolute atomic E-state index is 0. The van der Waals surface area contributed by atoms with Crippen molar-refractivity contribution in [2.45, 2.75) is 44.6 Å². The molecule has 0 aromatic carbocycles. The van der Waals surface area contributed by atoms with Crippen molar-refractivity contribution in [1.82, 2.24) is 0 Å². The van der Waals surface area contributed by atoms with E-state index < -0.39 is 11.4 Å². The molecule has 0 aromatic rings. The van der Waals surface area contributed by atoms with E-state index in [4.69, 9.17) is 5.73 Å². The Morgan fingerprint density at radius 2 is 1.75 bits per heavy atom. The van der Waals surface area contributed by atoms with Crippen LogP contribution in [-0.2, 0) is 4.79 Å². The Kier molecular flexibility index (Phi) is 2.56. The zero-order valence-electron chi connectivity index (χ0n) is 9.61. The fourth-order valence-corrected chi connectivity index (χ4v) is 4.84. The fraction of sp³-hybridized carbons (Fsp3) is 0.917. The van der Waals surface area contributed by atoms with Crippen molar-refractivity contribution in [2.24, 2.45) is 28.9 Å². The smallest absolute Gasteiger partial charge is 0.309 e. The third kappa shape index (κ3) is 1.28. The Labute approximate surface area is 102 Å². The molecule has 3 nitrogen and oxygen atoms in total. The number of carbonyl (C=O) groups is 1. The number of hydrogen-bond donors (Lipinski definition) is 2. The van der Waals surface area contributed by atoms with Gasteiger partial charge in [0, 0.05) is 5.54 Å². The first kappa shape index (κ1) is 12.2. The fourth-order valence-electron chi connectivity index (χ4n) is 4.84. The first-order valence-corrected chi connectivity index (χ1v) is 5.98. The van der Waals surface area contributed by atoms with Crippen molar-refractivity contribution in [2.75, 3.05) is 0 Å². The van der Waals surface area contributed by atoms with Crippen molar-refractivity contribution in [3.05, 3.63) is 0 Å². The lowest BCUT2D eigenvalue weighted by Gasteiger charge is -2.63. The average molecular weight is 246 g/mol. The monoisotopic (exact) mass is 245 g/mol. The van der Waals surface area contributed by atoms with Crippen LogP contribution in [0.4, 0.5) is 0 Å². The Morgan fingerprint density at radius 3 is 2.19 bits per heavy atom. The van der Waals surface area contributed by atoms with E-state index in [0.717, 1.165) is 25.7 Å². The van der Waals surface area contributed by atoms with Crippen molar-refractivity contribution in [3.8, 4) is 0 Å². The first-order chi connectivity index (χ1) is 6.96. The van der Waals surface area contributed by atoms with Gasteiger partial charge in [-0.15, -0.1) is 12.4 Å². The van der Waals surface area contributed by atoms with E-state index in [2.05, 4.69) is 6.92 Å². The van der Waals surface area contributed by atoms with Crippen LogP contribution >= 0.6 is 12.4 Å². The van der Waals surface area contributed by atoms with Gasteiger partial charge >= 0.3 is 5.97 Å². The van der Waals surface area contributed by atoms with Crippen LogP contribution in [0.3, 0.4) is 0 Å². The lowest BCUT2D eigenvalue weighted by molar-refractivity contribution is -0.178. The highest BCUT2D eigenvalue weighted by Gasteiger charge is 2.63. The average Bonchev–Trinajstić information content (AvgIpc) is 2.12. The Morgan fingerprint density at radius 1 is 1.25 bits per heavy atom. The van der Waals surface area contributed by atoms with Gasteiger partial charge in [0.2, 0.25) is 0 Å². The molecule has 4 aliphatic carbocycles. The van der Waals surface area contributed by atoms with E-state index in [1.165, 1.54) is 6.42 Å². The summed E-state index contributed by atoms with van der Waals surface area (Å²) in [6.45, 7) is 2.06. The highest BCUT2D eigenvalue weighted by atomic mass is 35.5. The second kappa shape index (κ2) is 3.36. The number of carboxylic acid groups (broad SMARTS) is 1. The van der Waals surface area contributed by atoms with Crippen LogP contribution < -0.4 is 5.73 Å². The lowest BCUT2D eigenvalue weighted by atomic mass is 9.43. The number of aliphatic carboxylic acids is 1. The second-order valence-corrected chi connectivity index (χ2v) is 6.20. The van der Waals surface area contributed by atoms with Crippen molar-refractivity contribution >= 4 is 18.4 Å². The summed E-state index contributed by atoms with van der Waals surface area (Å²) < 4.78 is 0. The molecule has 3 atom stereocenters. The summed E-state index contributed by atoms with van der Waals surface area (Å²) in [6.07, 6.45) is 5.08. The van der Waals surface area contributed by atoms with Crippen LogP contribution in [0.15, 0.2) is 0 Å². The molecule has 0 spiro atoms. The number of rotatable bonds is 1. The molecule has 92 valence electrons. The van der Waals surface area contributed by atoms with Gasteiger partial charge in [0.05, 0.1) is 5.41 Å². The molecular weight excluding hydrogens is 226 g/mol. The molecule has 4 saturated carbocycles. The SMILES string of the molecule is CC1C2(N)CC3CC(C2)CC1(C(=O)O)C3.Cl. The van der Waals surface area contributed by atoms with Crippen molar-refractivity contribution in [1.29, 1.82) is 0 Å². The quantitative estimate of drug-likeness (QED) is 0.743. The molecular formula is C12H20ClNO2. The van der Waals surface area contributed by atoms with Gasteiger partial charge in [0.25, 0.3) is 0 Å².